The van der Waals surface area contributed by atoms with E-state index in [1.165, 1.54) is 17.0 Å². The third-order valence-corrected chi connectivity index (χ3v) is 6.88. The second-order valence-corrected chi connectivity index (χ2v) is 9.18. The molecule has 2 bridgehead atoms. The van der Waals surface area contributed by atoms with Crippen molar-refractivity contribution in [2.45, 2.75) is 43.9 Å². The highest BCUT2D eigenvalue weighted by atomic mass is 19.1. The van der Waals surface area contributed by atoms with E-state index in [1.807, 2.05) is 6.92 Å². The fourth-order valence-electron chi connectivity index (χ4n) is 4.92. The van der Waals surface area contributed by atoms with Gasteiger partial charge in [-0.2, -0.15) is 10.1 Å². The molecule has 33 heavy (non-hydrogen) atoms. The zero-order chi connectivity index (χ0) is 23.3. The fraction of sp³-hybridized carbons (Fsp3) is 0.375. The Kier molecular flexibility index (Phi) is 5.08. The summed E-state index contributed by atoms with van der Waals surface area (Å²) in [6.45, 7) is 6.09. The van der Waals surface area contributed by atoms with Crippen LogP contribution in [0.5, 0.6) is 5.75 Å². The molecule has 170 valence electrons. The summed E-state index contributed by atoms with van der Waals surface area (Å²) in [5, 5.41) is 22.5. The van der Waals surface area contributed by atoms with Gasteiger partial charge in [-0.3, -0.25) is 4.57 Å². The smallest absolute Gasteiger partial charge is 0.350 e. The van der Waals surface area contributed by atoms with Gasteiger partial charge >= 0.3 is 5.69 Å². The summed E-state index contributed by atoms with van der Waals surface area (Å²) >= 11 is 0. The van der Waals surface area contributed by atoms with E-state index in [4.69, 9.17) is 0 Å². The molecule has 9 heteroatoms. The van der Waals surface area contributed by atoms with Crippen LogP contribution in [0, 0.1) is 5.92 Å². The zero-order valence-electron chi connectivity index (χ0n) is 18.5. The minimum Gasteiger partial charge on any atom is -0.507 e. The molecule has 2 aliphatic rings. The largest absolute Gasteiger partial charge is 0.507 e. The van der Waals surface area contributed by atoms with Gasteiger partial charge in [-0.05, 0) is 56.0 Å². The van der Waals surface area contributed by atoms with Gasteiger partial charge in [0.25, 0.3) is 0 Å². The maximum Gasteiger partial charge on any atom is 0.350 e. The van der Waals surface area contributed by atoms with Crippen LogP contribution in [0.2, 0.25) is 0 Å². The number of benzene rings is 1. The first-order chi connectivity index (χ1) is 15.7. The lowest BCUT2D eigenvalue weighted by Gasteiger charge is -2.40. The van der Waals surface area contributed by atoms with E-state index >= 15 is 4.39 Å². The Morgan fingerprint density at radius 3 is 2.82 bits per heavy atom. The van der Waals surface area contributed by atoms with Crippen LogP contribution in [-0.4, -0.2) is 47.6 Å². The molecule has 0 radical (unpaired) electrons. The number of phenolic OH excluding ortho intramolecular Hbond substituents is 1. The Labute approximate surface area is 190 Å². The number of alkyl halides is 1. The zero-order valence-corrected chi connectivity index (χ0v) is 18.5. The van der Waals surface area contributed by atoms with Gasteiger partial charge in [0.1, 0.15) is 18.2 Å². The van der Waals surface area contributed by atoms with E-state index in [0.29, 0.717) is 40.6 Å². The van der Waals surface area contributed by atoms with Crippen LogP contribution in [0.4, 0.5) is 4.39 Å². The van der Waals surface area contributed by atoms with Crippen LogP contribution in [0.3, 0.4) is 0 Å². The van der Waals surface area contributed by atoms with Crippen LogP contribution >= 0.6 is 0 Å². The predicted octanol–water partition coefficient (Wildman–Crippen LogP) is 2.89. The topological polar surface area (TPSA) is 106 Å². The summed E-state index contributed by atoms with van der Waals surface area (Å²) in [5.41, 5.74) is 1.72. The Bertz CT molecular complexity index is 1290. The predicted molar refractivity (Wildman–Crippen MR) is 122 cm³/mol. The number of aromatic nitrogens is 5. The van der Waals surface area contributed by atoms with Crippen molar-refractivity contribution in [1.29, 1.82) is 0 Å². The normalized spacial score (nSPS) is 26.3. The molecule has 0 amide bonds. The number of piperidine rings is 1. The van der Waals surface area contributed by atoms with Gasteiger partial charge in [0, 0.05) is 35.7 Å². The molecule has 2 N–H and O–H groups in total. The highest BCUT2D eigenvalue weighted by Gasteiger charge is 2.51. The number of fused-ring (bicyclic) bond motifs is 2. The van der Waals surface area contributed by atoms with Crippen molar-refractivity contribution in [2.75, 3.05) is 0 Å². The number of phenols is 1. The summed E-state index contributed by atoms with van der Waals surface area (Å²) in [6, 6.07) is 8.67. The number of allylic oxidation sites excluding steroid dienone is 1. The standard InChI is InChI=1S/C24H25FN6O2/c1-13(17-11-15-8-9-24(2,28-15)21(17)25)18-6-7-19(30-29-18)16-5-4-14(10-20(16)32)22-26-12-31(3)23(33)27-22/h4-7,10,12,15,17,21,28,32H,1,8-9,11H2,2-3H3/t15-,17+,21-,24+/m1/s1. The number of hydrogen-bond donors (Lipinski definition) is 2. The van der Waals surface area contributed by atoms with Crippen molar-refractivity contribution in [2.24, 2.45) is 13.0 Å². The first-order valence-corrected chi connectivity index (χ1v) is 10.9. The highest BCUT2D eigenvalue weighted by Crippen LogP contribution is 2.45. The minimum atomic E-state index is -1.03. The monoisotopic (exact) mass is 448 g/mol. The summed E-state index contributed by atoms with van der Waals surface area (Å²) in [4.78, 5) is 19.8. The quantitative estimate of drug-likeness (QED) is 0.632. The second kappa shape index (κ2) is 7.84. The van der Waals surface area contributed by atoms with Gasteiger partial charge in [-0.1, -0.05) is 12.6 Å². The number of rotatable bonds is 4. The number of aromatic hydroxyl groups is 1. The lowest BCUT2D eigenvalue weighted by Crippen LogP contribution is -2.56. The van der Waals surface area contributed by atoms with Gasteiger partial charge in [0.05, 0.1) is 11.4 Å². The van der Waals surface area contributed by atoms with Crippen LogP contribution in [0.15, 0.2) is 48.0 Å². The molecule has 5 rings (SSSR count). The van der Waals surface area contributed by atoms with E-state index in [0.717, 1.165) is 12.8 Å². The molecule has 4 atom stereocenters. The van der Waals surface area contributed by atoms with Gasteiger partial charge in [0.2, 0.25) is 0 Å². The fourth-order valence-corrected chi connectivity index (χ4v) is 4.92. The number of aryl methyl sites for hydroxylation is 1. The van der Waals surface area contributed by atoms with E-state index in [1.54, 1.807) is 31.3 Å². The average molecular weight is 449 g/mol. The first kappa shape index (κ1) is 21.4. The average Bonchev–Trinajstić information content (AvgIpc) is 3.15. The van der Waals surface area contributed by atoms with Crippen molar-refractivity contribution in [1.82, 2.24) is 30.0 Å². The third-order valence-electron chi connectivity index (χ3n) is 6.88. The van der Waals surface area contributed by atoms with Crippen LogP contribution in [0.25, 0.3) is 28.2 Å². The molecule has 1 aromatic carbocycles. The molecule has 0 unspecified atom stereocenters. The molecule has 2 aromatic heterocycles. The molecule has 4 heterocycles. The van der Waals surface area contributed by atoms with E-state index in [-0.39, 0.29) is 17.5 Å². The van der Waals surface area contributed by atoms with Crippen LogP contribution in [0.1, 0.15) is 31.9 Å². The molecule has 2 saturated heterocycles. The van der Waals surface area contributed by atoms with Crippen molar-refractivity contribution < 1.29 is 9.50 Å². The molecular weight excluding hydrogens is 423 g/mol. The Hall–Kier alpha value is -3.46. The van der Waals surface area contributed by atoms with Crippen molar-refractivity contribution >= 4 is 5.57 Å². The van der Waals surface area contributed by atoms with E-state index < -0.39 is 17.4 Å². The number of nitrogens with zero attached hydrogens (tertiary/aromatic N) is 5. The summed E-state index contributed by atoms with van der Waals surface area (Å²) in [6.07, 6.45) is 2.85. The van der Waals surface area contributed by atoms with Gasteiger partial charge in [0.15, 0.2) is 5.82 Å². The van der Waals surface area contributed by atoms with Gasteiger partial charge < -0.3 is 10.4 Å². The maximum atomic E-state index is 15.2. The summed E-state index contributed by atoms with van der Waals surface area (Å²) in [5.74, 6) is -0.109. The van der Waals surface area contributed by atoms with Crippen LogP contribution < -0.4 is 11.0 Å². The minimum absolute atomic E-state index is 0.0377. The Morgan fingerprint density at radius 2 is 2.12 bits per heavy atom. The molecule has 0 aliphatic carbocycles. The van der Waals surface area contributed by atoms with E-state index in [2.05, 4.69) is 32.1 Å². The molecule has 0 saturated carbocycles. The number of halogens is 1. The van der Waals surface area contributed by atoms with Crippen LogP contribution in [-0.2, 0) is 7.05 Å². The van der Waals surface area contributed by atoms with Gasteiger partial charge in [-0.25, -0.2) is 14.2 Å². The first-order valence-electron chi connectivity index (χ1n) is 10.9. The number of nitrogens with one attached hydrogen (secondary N) is 1. The Balaban J connectivity index is 1.38. The second-order valence-electron chi connectivity index (χ2n) is 9.18. The van der Waals surface area contributed by atoms with Crippen molar-refractivity contribution in [3.63, 3.8) is 0 Å². The summed E-state index contributed by atoms with van der Waals surface area (Å²) in [7, 11) is 1.56. The lowest BCUT2D eigenvalue weighted by molar-refractivity contribution is 0.103. The highest BCUT2D eigenvalue weighted by molar-refractivity contribution is 5.72. The van der Waals surface area contributed by atoms with Crippen molar-refractivity contribution in [3.05, 3.63) is 59.4 Å². The van der Waals surface area contributed by atoms with Gasteiger partial charge in [-0.15, -0.1) is 5.10 Å². The molecule has 2 fully saturated rings. The lowest BCUT2D eigenvalue weighted by atomic mass is 9.78. The molecule has 8 nitrogen and oxygen atoms in total. The number of hydrogen-bond acceptors (Lipinski definition) is 7. The summed E-state index contributed by atoms with van der Waals surface area (Å²) < 4.78 is 16.5. The Morgan fingerprint density at radius 1 is 1.30 bits per heavy atom. The molecule has 0 spiro atoms. The maximum absolute atomic E-state index is 15.2. The third kappa shape index (κ3) is 3.72. The SMILES string of the molecule is C=C(c1ccc(-c2ccc(-c3ncn(C)c(=O)n3)cc2O)nn1)[C@@H]1C[C@H]2CC[C@](C)(N2)[C@@H]1F. The van der Waals surface area contributed by atoms with E-state index in [9.17, 15) is 9.90 Å². The molecular formula is C24H25FN6O2. The molecule has 3 aromatic rings. The van der Waals surface area contributed by atoms with Crippen molar-refractivity contribution in [3.8, 4) is 28.4 Å². The molecule has 2 aliphatic heterocycles.